The van der Waals surface area contributed by atoms with Gasteiger partial charge < -0.3 is 4.42 Å². The van der Waals surface area contributed by atoms with Crippen LogP contribution in [0.2, 0.25) is 0 Å². The van der Waals surface area contributed by atoms with Crippen molar-refractivity contribution >= 4 is 22.4 Å². The summed E-state index contributed by atoms with van der Waals surface area (Å²) in [6, 6.07) is 7.70. The lowest BCUT2D eigenvalue weighted by atomic mass is 10.3. The molecule has 0 aliphatic rings. The van der Waals surface area contributed by atoms with Crippen molar-refractivity contribution in [3.63, 3.8) is 0 Å². The summed E-state index contributed by atoms with van der Waals surface area (Å²) >= 11 is 1.52. The van der Waals surface area contributed by atoms with E-state index in [2.05, 4.69) is 9.97 Å². The molecular weight excluding hydrogens is 196 g/mol. The Bertz CT molecular complexity index is 523. The van der Waals surface area contributed by atoms with E-state index < -0.39 is 0 Å². The molecule has 0 N–H and O–H groups in total. The molecule has 0 aliphatic heterocycles. The quantitative estimate of drug-likeness (QED) is 0.609. The predicted octanol–water partition coefficient (Wildman–Crippen LogP) is 2.95. The van der Waals surface area contributed by atoms with Crippen LogP contribution in [-0.4, -0.2) is 9.97 Å². The summed E-state index contributed by atoms with van der Waals surface area (Å²) in [6.07, 6.45) is 1.74. The minimum atomic E-state index is 0.598. The standard InChI is InChI=1S/C10H6N2OS/c1-2-4-8-7(3-1)12-9(13-8)10-11-5-6-14-10/h1-6H. The van der Waals surface area contributed by atoms with Gasteiger partial charge in [0.25, 0.3) is 5.89 Å². The van der Waals surface area contributed by atoms with Crippen LogP contribution in [0.25, 0.3) is 22.0 Å². The smallest absolute Gasteiger partial charge is 0.256 e. The fourth-order valence-corrected chi connectivity index (χ4v) is 1.85. The van der Waals surface area contributed by atoms with E-state index in [1.54, 1.807) is 6.20 Å². The van der Waals surface area contributed by atoms with Crippen LogP contribution in [0.3, 0.4) is 0 Å². The highest BCUT2D eigenvalue weighted by Crippen LogP contribution is 2.24. The molecule has 0 bridgehead atoms. The molecule has 3 aromatic rings. The first-order valence-corrected chi connectivity index (χ1v) is 5.07. The Balaban J connectivity index is 2.24. The van der Waals surface area contributed by atoms with Gasteiger partial charge in [0, 0.05) is 11.6 Å². The number of hydrogen-bond acceptors (Lipinski definition) is 4. The second-order valence-electron chi connectivity index (χ2n) is 2.82. The molecule has 0 spiro atoms. The summed E-state index contributed by atoms with van der Waals surface area (Å²) < 4.78 is 5.55. The lowest BCUT2D eigenvalue weighted by Crippen LogP contribution is -1.72. The first-order chi connectivity index (χ1) is 6.93. The summed E-state index contributed by atoms with van der Waals surface area (Å²) in [5, 5.41) is 2.73. The van der Waals surface area contributed by atoms with Crippen molar-refractivity contribution in [2.45, 2.75) is 0 Å². The highest BCUT2D eigenvalue weighted by Gasteiger charge is 2.08. The highest BCUT2D eigenvalue weighted by atomic mass is 32.1. The Labute approximate surface area is 84.0 Å². The summed E-state index contributed by atoms with van der Waals surface area (Å²) in [6.45, 7) is 0. The van der Waals surface area contributed by atoms with Gasteiger partial charge in [-0.25, -0.2) is 9.97 Å². The zero-order valence-electron chi connectivity index (χ0n) is 7.18. The van der Waals surface area contributed by atoms with E-state index in [1.807, 2.05) is 29.6 Å². The predicted molar refractivity (Wildman–Crippen MR) is 55.1 cm³/mol. The van der Waals surface area contributed by atoms with E-state index in [0.29, 0.717) is 5.89 Å². The van der Waals surface area contributed by atoms with E-state index in [4.69, 9.17) is 4.42 Å². The zero-order chi connectivity index (χ0) is 9.38. The largest absolute Gasteiger partial charge is 0.434 e. The van der Waals surface area contributed by atoms with Gasteiger partial charge in [-0.2, -0.15) is 0 Å². The molecule has 2 aromatic heterocycles. The number of fused-ring (bicyclic) bond motifs is 1. The third kappa shape index (κ3) is 1.12. The molecular formula is C10H6N2OS. The van der Waals surface area contributed by atoms with Gasteiger partial charge in [0.1, 0.15) is 5.52 Å². The van der Waals surface area contributed by atoms with E-state index in [1.165, 1.54) is 11.3 Å². The average Bonchev–Trinajstić information content (AvgIpc) is 2.86. The molecule has 3 rings (SSSR count). The van der Waals surface area contributed by atoms with Gasteiger partial charge in [0.15, 0.2) is 10.6 Å². The Hall–Kier alpha value is -1.68. The van der Waals surface area contributed by atoms with E-state index in [0.717, 1.165) is 16.1 Å². The lowest BCUT2D eigenvalue weighted by molar-refractivity contribution is 0.619. The SMILES string of the molecule is c1ccc2oc(-c3nccs3)nc2c1. The third-order valence-electron chi connectivity index (χ3n) is 1.91. The molecule has 1 aromatic carbocycles. The fraction of sp³-hybridized carbons (Fsp3) is 0. The first kappa shape index (κ1) is 7.70. The van der Waals surface area contributed by atoms with Gasteiger partial charge in [-0.3, -0.25) is 0 Å². The number of oxazole rings is 1. The maximum Gasteiger partial charge on any atom is 0.256 e. The number of aromatic nitrogens is 2. The van der Waals surface area contributed by atoms with Crippen molar-refractivity contribution in [3.8, 4) is 10.9 Å². The number of benzene rings is 1. The minimum absolute atomic E-state index is 0.598. The Morgan fingerprint density at radius 3 is 2.93 bits per heavy atom. The summed E-state index contributed by atoms with van der Waals surface area (Å²) in [4.78, 5) is 8.48. The number of thiazole rings is 1. The Morgan fingerprint density at radius 2 is 2.14 bits per heavy atom. The van der Waals surface area contributed by atoms with Crippen molar-refractivity contribution in [3.05, 3.63) is 35.8 Å². The van der Waals surface area contributed by atoms with Crippen LogP contribution >= 0.6 is 11.3 Å². The Morgan fingerprint density at radius 1 is 1.21 bits per heavy atom. The van der Waals surface area contributed by atoms with Crippen LogP contribution in [0.4, 0.5) is 0 Å². The number of hydrogen-bond donors (Lipinski definition) is 0. The van der Waals surface area contributed by atoms with Gasteiger partial charge in [-0.15, -0.1) is 11.3 Å². The molecule has 0 saturated carbocycles. The molecule has 14 heavy (non-hydrogen) atoms. The van der Waals surface area contributed by atoms with E-state index >= 15 is 0 Å². The van der Waals surface area contributed by atoms with Crippen LogP contribution in [0, 0.1) is 0 Å². The number of para-hydroxylation sites is 2. The first-order valence-electron chi connectivity index (χ1n) is 4.19. The lowest BCUT2D eigenvalue weighted by Gasteiger charge is -1.82. The molecule has 0 fully saturated rings. The topological polar surface area (TPSA) is 38.9 Å². The Kier molecular flexibility index (Phi) is 1.61. The fourth-order valence-electron chi connectivity index (χ4n) is 1.29. The van der Waals surface area contributed by atoms with Gasteiger partial charge >= 0.3 is 0 Å². The molecule has 68 valence electrons. The van der Waals surface area contributed by atoms with Crippen LogP contribution in [0.1, 0.15) is 0 Å². The summed E-state index contributed by atoms with van der Waals surface area (Å²) in [5.74, 6) is 0.598. The van der Waals surface area contributed by atoms with Crippen LogP contribution in [-0.2, 0) is 0 Å². The monoisotopic (exact) mass is 202 g/mol. The van der Waals surface area contributed by atoms with Crippen molar-refractivity contribution in [1.29, 1.82) is 0 Å². The molecule has 3 nitrogen and oxygen atoms in total. The molecule has 0 unspecified atom stereocenters. The van der Waals surface area contributed by atoms with Crippen LogP contribution < -0.4 is 0 Å². The molecule has 0 radical (unpaired) electrons. The van der Waals surface area contributed by atoms with E-state index in [-0.39, 0.29) is 0 Å². The number of nitrogens with zero attached hydrogens (tertiary/aromatic N) is 2. The average molecular weight is 202 g/mol. The second-order valence-corrected chi connectivity index (χ2v) is 3.72. The highest BCUT2D eigenvalue weighted by molar-refractivity contribution is 7.12. The molecule has 0 amide bonds. The van der Waals surface area contributed by atoms with Crippen LogP contribution in [0.5, 0.6) is 0 Å². The summed E-state index contributed by atoms with van der Waals surface area (Å²) in [5.41, 5.74) is 1.68. The van der Waals surface area contributed by atoms with Crippen LogP contribution in [0.15, 0.2) is 40.3 Å². The second kappa shape index (κ2) is 2.92. The maximum absolute atomic E-state index is 5.55. The summed E-state index contributed by atoms with van der Waals surface area (Å²) in [7, 11) is 0. The third-order valence-corrected chi connectivity index (χ3v) is 2.67. The van der Waals surface area contributed by atoms with Gasteiger partial charge in [-0.05, 0) is 12.1 Å². The van der Waals surface area contributed by atoms with E-state index in [9.17, 15) is 0 Å². The molecule has 0 atom stereocenters. The maximum atomic E-state index is 5.55. The van der Waals surface area contributed by atoms with Crippen molar-refractivity contribution in [2.75, 3.05) is 0 Å². The van der Waals surface area contributed by atoms with Crippen molar-refractivity contribution in [1.82, 2.24) is 9.97 Å². The molecule has 4 heteroatoms. The minimum Gasteiger partial charge on any atom is -0.434 e. The number of rotatable bonds is 1. The van der Waals surface area contributed by atoms with Gasteiger partial charge in [0.2, 0.25) is 0 Å². The zero-order valence-corrected chi connectivity index (χ0v) is 7.99. The molecule has 0 saturated heterocycles. The van der Waals surface area contributed by atoms with Gasteiger partial charge in [0.05, 0.1) is 0 Å². The van der Waals surface area contributed by atoms with Crippen molar-refractivity contribution in [2.24, 2.45) is 0 Å². The molecule has 0 aliphatic carbocycles. The van der Waals surface area contributed by atoms with Crippen molar-refractivity contribution < 1.29 is 4.42 Å². The normalized spacial score (nSPS) is 10.9. The van der Waals surface area contributed by atoms with Gasteiger partial charge in [-0.1, -0.05) is 12.1 Å². The molecule has 2 heterocycles.